The monoisotopic (exact) mass is 1330 g/mol. The predicted molar refractivity (Wildman–Crippen MR) is 350 cm³/mol. The van der Waals surface area contributed by atoms with Crippen molar-refractivity contribution in [1.82, 2.24) is 55.6 Å². The van der Waals surface area contributed by atoms with Gasteiger partial charge in [0.25, 0.3) is 0 Å². The molecule has 520 valence electrons. The van der Waals surface area contributed by atoms with Crippen LogP contribution in [-0.2, 0) is 71.8 Å². The second-order valence-electron chi connectivity index (χ2n) is 27.0. The summed E-state index contributed by atoms with van der Waals surface area (Å²) in [5.74, 6) is -8.64. The summed E-state index contributed by atoms with van der Waals surface area (Å²) in [6.07, 6.45) is -4.72. The molecular formula is C67H103ClF3N11O11. The first kappa shape index (κ1) is 79.9. The minimum atomic E-state index is -4.77. The van der Waals surface area contributed by atoms with E-state index in [0.717, 1.165) is 42.2 Å². The fraction of sp³-hybridized carbons (Fsp3) is 0.657. The van der Waals surface area contributed by atoms with Crippen LogP contribution in [-0.4, -0.2) is 216 Å². The number of benzene rings is 2. The molecule has 0 bridgehead atoms. The van der Waals surface area contributed by atoms with Crippen LogP contribution >= 0.6 is 11.6 Å². The van der Waals surface area contributed by atoms with Crippen molar-refractivity contribution in [2.45, 2.75) is 201 Å². The van der Waals surface area contributed by atoms with Crippen LogP contribution in [0.1, 0.15) is 144 Å². The lowest BCUT2D eigenvalue weighted by atomic mass is 9.95. The summed E-state index contributed by atoms with van der Waals surface area (Å²) in [7, 11) is 9.74. The number of alkyl halides is 3. The number of hydrogen-bond acceptors (Lipinski definition) is 11. The van der Waals surface area contributed by atoms with Gasteiger partial charge in [0, 0.05) is 68.2 Å². The summed E-state index contributed by atoms with van der Waals surface area (Å²) < 4.78 is 41.4. The molecule has 22 nitrogen and oxygen atoms in total. The molecule has 9 atom stereocenters. The van der Waals surface area contributed by atoms with E-state index in [1.54, 1.807) is 39.8 Å². The number of carbonyl (C=O) groups is 11. The van der Waals surface area contributed by atoms with Crippen LogP contribution in [0.25, 0.3) is 0 Å². The van der Waals surface area contributed by atoms with E-state index in [2.05, 4.69) is 21.3 Å². The third-order valence-electron chi connectivity index (χ3n) is 17.7. The van der Waals surface area contributed by atoms with E-state index >= 15 is 0 Å². The van der Waals surface area contributed by atoms with Gasteiger partial charge in [0.1, 0.15) is 47.8 Å². The number of aryl methyl sites for hydroxylation is 2. The van der Waals surface area contributed by atoms with E-state index in [9.17, 15) is 65.9 Å². The van der Waals surface area contributed by atoms with Gasteiger partial charge in [0.15, 0.2) is 0 Å². The van der Waals surface area contributed by atoms with Gasteiger partial charge in [-0.25, -0.2) is 0 Å². The molecule has 0 saturated carbocycles. The Bertz CT molecular complexity index is 2980. The Balaban J connectivity index is 2.27. The lowest BCUT2D eigenvalue weighted by molar-refractivity contribution is -0.149. The molecule has 1 heterocycles. The molecule has 3 rings (SSSR count). The van der Waals surface area contributed by atoms with Crippen LogP contribution in [0.2, 0.25) is 5.02 Å². The molecular weight excluding hydrogens is 1230 g/mol. The van der Waals surface area contributed by atoms with Gasteiger partial charge in [0.05, 0.1) is 23.7 Å². The first-order valence-electron chi connectivity index (χ1n) is 31.9. The zero-order valence-corrected chi connectivity index (χ0v) is 58.9. The van der Waals surface area contributed by atoms with Gasteiger partial charge in [-0.2, -0.15) is 13.2 Å². The standard InChI is InChI=1S/C67H103ClF3N11O11/c1-21-42(9)57-64(92)77(15)36-55(84)76(14)37-56(85)81(19)53(35-46-24-22-41(8)23-25-46)63(91)79(17)44(11)58(86)72-49(29-27-45-26-28-47(48(68)34-45)67(69,70)71)59(87)73-51(31-39(4)5)62(90)82(20)66(12,13)65(93)74-50(30-38(2)3)61(89)78(16)43(10)33-54(83)80(18)52(32-40(6)7)60(88)75-57/h22-26,28,34,38-40,42-44,49-53,57H,21,27,29-33,35-37H2,1-20H3,(H,72,86)(H,73,87)(H,74,93)(H,75,88)/t42-,43+,44+,49-,50-,51-,52-,53-,57-/m0/s1. The van der Waals surface area contributed by atoms with Gasteiger partial charge < -0.3 is 55.6 Å². The average Bonchev–Trinajstić information content (AvgIpc) is 3.54. The summed E-state index contributed by atoms with van der Waals surface area (Å²) in [6.45, 7) is 21.3. The van der Waals surface area contributed by atoms with Crippen molar-refractivity contribution < 1.29 is 65.9 Å². The van der Waals surface area contributed by atoms with E-state index < -0.39 is 155 Å². The van der Waals surface area contributed by atoms with Gasteiger partial charge in [-0.15, -0.1) is 0 Å². The Kier molecular flexibility index (Phi) is 29.8. The van der Waals surface area contributed by atoms with Crippen molar-refractivity contribution in [3.8, 4) is 0 Å². The fourth-order valence-electron chi connectivity index (χ4n) is 10.6. The van der Waals surface area contributed by atoms with Crippen LogP contribution in [0.3, 0.4) is 0 Å². The van der Waals surface area contributed by atoms with Crippen molar-refractivity contribution in [2.24, 2.45) is 23.7 Å². The van der Waals surface area contributed by atoms with E-state index in [0.29, 0.717) is 12.0 Å². The minimum Gasteiger partial charge on any atom is -0.343 e. The van der Waals surface area contributed by atoms with Gasteiger partial charge >= 0.3 is 6.18 Å². The second kappa shape index (κ2) is 34.7. The summed E-state index contributed by atoms with van der Waals surface area (Å²) in [5.41, 5.74) is -0.998. The van der Waals surface area contributed by atoms with Gasteiger partial charge in [-0.05, 0) is 114 Å². The Morgan fingerprint density at radius 2 is 1.09 bits per heavy atom. The normalized spacial score (nSPS) is 24.2. The Labute approximate surface area is 553 Å². The molecule has 2 aromatic carbocycles. The maximum atomic E-state index is 14.9. The first-order chi connectivity index (χ1) is 43.0. The highest BCUT2D eigenvalue weighted by Crippen LogP contribution is 2.35. The Morgan fingerprint density at radius 1 is 0.570 bits per heavy atom. The average molecular weight is 1330 g/mol. The summed E-state index contributed by atoms with van der Waals surface area (Å²) in [6, 6.07) is 0.493. The maximum Gasteiger partial charge on any atom is 0.417 e. The molecule has 0 unspecified atom stereocenters. The maximum absolute atomic E-state index is 14.9. The molecule has 1 fully saturated rings. The minimum absolute atomic E-state index is 0.0112. The molecule has 0 spiro atoms. The SMILES string of the molecule is CC[C@H](C)[C@@H]1NC(=O)[C@H](CC(C)C)N(C)C(=O)C[C@@H](C)N(C)C(=O)[C@H](CC(C)C)NC(=O)C(C)(C)N(C)C(=O)[C@H](CC(C)C)NC(=O)[C@H](CCc2ccc(C(F)(F)F)c(Cl)c2)NC(=O)[C@@H](C)N(C)C(=O)[C@H](Cc2ccc(C)cc2)N(C)C(=O)CN(C)C(=O)CN(C)C1=O. The molecule has 4 N–H and O–H groups in total. The molecule has 93 heavy (non-hydrogen) atoms. The molecule has 1 saturated heterocycles. The van der Waals surface area contributed by atoms with E-state index in [4.69, 9.17) is 11.6 Å². The van der Waals surface area contributed by atoms with Crippen LogP contribution in [0, 0.1) is 30.6 Å². The van der Waals surface area contributed by atoms with Crippen LogP contribution in [0.5, 0.6) is 0 Å². The Morgan fingerprint density at radius 3 is 1.61 bits per heavy atom. The second-order valence-corrected chi connectivity index (χ2v) is 27.4. The van der Waals surface area contributed by atoms with Crippen LogP contribution < -0.4 is 21.3 Å². The van der Waals surface area contributed by atoms with Gasteiger partial charge in [-0.1, -0.05) is 109 Å². The first-order valence-corrected chi connectivity index (χ1v) is 32.3. The molecule has 11 amide bonds. The smallest absolute Gasteiger partial charge is 0.343 e. The lowest BCUT2D eigenvalue weighted by Crippen LogP contribution is -2.63. The number of hydrogen-bond donors (Lipinski definition) is 4. The fourth-order valence-corrected chi connectivity index (χ4v) is 10.9. The van der Waals surface area contributed by atoms with Crippen molar-refractivity contribution in [2.75, 3.05) is 62.4 Å². The Hall–Kier alpha value is -7.31. The number of carbonyl (C=O) groups excluding carboxylic acids is 11. The molecule has 0 radical (unpaired) electrons. The van der Waals surface area contributed by atoms with Crippen molar-refractivity contribution in [3.63, 3.8) is 0 Å². The summed E-state index contributed by atoms with van der Waals surface area (Å²) in [4.78, 5) is 168. The van der Waals surface area contributed by atoms with Gasteiger partial charge in [0.2, 0.25) is 65.0 Å². The number of halogens is 4. The summed E-state index contributed by atoms with van der Waals surface area (Å²) in [5, 5.41) is 10.6. The molecule has 0 aliphatic carbocycles. The van der Waals surface area contributed by atoms with Crippen molar-refractivity contribution >= 4 is 76.6 Å². The number of rotatable bonds is 13. The predicted octanol–water partition coefficient (Wildman–Crippen LogP) is 5.87. The molecule has 2 aromatic rings. The van der Waals surface area contributed by atoms with Crippen molar-refractivity contribution in [3.05, 3.63) is 69.7 Å². The van der Waals surface area contributed by atoms with E-state index in [1.807, 2.05) is 53.7 Å². The zero-order chi connectivity index (χ0) is 71.1. The van der Waals surface area contributed by atoms with E-state index in [-0.39, 0.29) is 68.3 Å². The highest BCUT2D eigenvalue weighted by atomic mass is 35.5. The highest BCUT2D eigenvalue weighted by Gasteiger charge is 2.43. The molecule has 1 aliphatic rings. The molecule has 1 aliphatic heterocycles. The largest absolute Gasteiger partial charge is 0.417 e. The lowest BCUT2D eigenvalue weighted by Gasteiger charge is -2.39. The highest BCUT2D eigenvalue weighted by molar-refractivity contribution is 6.31. The third-order valence-corrected chi connectivity index (χ3v) is 18.0. The molecule has 26 heteroatoms. The molecule has 0 aromatic heterocycles. The van der Waals surface area contributed by atoms with Crippen LogP contribution in [0.4, 0.5) is 13.2 Å². The summed E-state index contributed by atoms with van der Waals surface area (Å²) >= 11 is 6.11. The number of amides is 11. The van der Waals surface area contributed by atoms with Crippen LogP contribution in [0.15, 0.2) is 42.5 Å². The van der Waals surface area contributed by atoms with Crippen molar-refractivity contribution in [1.29, 1.82) is 0 Å². The topological polar surface area (TPSA) is 259 Å². The number of likely N-dealkylation sites (N-methyl/N-ethyl adjacent to an activating group) is 7. The third kappa shape index (κ3) is 22.4. The quantitative estimate of drug-likeness (QED) is 0.184. The zero-order valence-electron chi connectivity index (χ0n) is 58.2. The van der Waals surface area contributed by atoms with E-state index in [1.165, 1.54) is 86.0 Å². The van der Waals surface area contributed by atoms with Gasteiger partial charge in [-0.3, -0.25) is 52.7 Å². The number of nitrogens with one attached hydrogen (secondary N) is 4. The number of nitrogens with zero attached hydrogens (tertiary/aromatic N) is 7.